The second kappa shape index (κ2) is 4.56. The second-order valence-corrected chi connectivity index (χ2v) is 4.28. The number of rotatable bonds is 4. The zero-order chi connectivity index (χ0) is 11.5. The fourth-order valence-electron chi connectivity index (χ4n) is 1.67. The van der Waals surface area contributed by atoms with Gasteiger partial charge in [0.05, 0.1) is 19.0 Å². The van der Waals surface area contributed by atoms with E-state index in [1.807, 2.05) is 24.3 Å². The lowest BCUT2D eigenvalue weighted by molar-refractivity contribution is 0.414. The molecule has 0 bridgehead atoms. The molecule has 0 spiro atoms. The van der Waals surface area contributed by atoms with E-state index >= 15 is 0 Å². The molecule has 3 heteroatoms. The fourth-order valence-corrected chi connectivity index (χ4v) is 1.67. The van der Waals surface area contributed by atoms with Crippen LogP contribution in [0, 0.1) is 5.92 Å². The van der Waals surface area contributed by atoms with E-state index in [9.17, 15) is 0 Å². The lowest BCUT2D eigenvalue weighted by Gasteiger charge is -2.09. The van der Waals surface area contributed by atoms with Crippen molar-refractivity contribution < 1.29 is 4.74 Å². The minimum atomic E-state index is 0.131. The summed E-state index contributed by atoms with van der Waals surface area (Å²) in [6, 6.07) is 8.11. The number of methoxy groups -OCH3 is 1. The van der Waals surface area contributed by atoms with E-state index in [1.165, 1.54) is 18.4 Å². The van der Waals surface area contributed by atoms with Crippen molar-refractivity contribution in [2.24, 2.45) is 16.6 Å². The molecule has 1 aromatic rings. The van der Waals surface area contributed by atoms with Crippen molar-refractivity contribution in [2.75, 3.05) is 7.11 Å². The Morgan fingerprint density at radius 2 is 2.00 bits per heavy atom. The van der Waals surface area contributed by atoms with Crippen LogP contribution in [0.15, 0.2) is 29.3 Å². The molecule has 0 saturated heterocycles. The van der Waals surface area contributed by atoms with Crippen LogP contribution in [-0.2, 0) is 0 Å². The molecule has 1 saturated carbocycles. The SMILES string of the molecule is COc1ccc(C(C)N=C(N)C2CC2)cc1. The number of nitrogens with zero attached hydrogens (tertiary/aromatic N) is 1. The third kappa shape index (κ3) is 2.54. The van der Waals surface area contributed by atoms with E-state index in [-0.39, 0.29) is 6.04 Å². The zero-order valence-electron chi connectivity index (χ0n) is 9.81. The summed E-state index contributed by atoms with van der Waals surface area (Å²) in [5.74, 6) is 2.22. The van der Waals surface area contributed by atoms with Gasteiger partial charge in [-0.05, 0) is 37.5 Å². The largest absolute Gasteiger partial charge is 0.497 e. The molecule has 1 unspecified atom stereocenters. The number of hydrogen-bond donors (Lipinski definition) is 1. The molecule has 0 aliphatic heterocycles. The molecule has 1 aromatic carbocycles. The maximum Gasteiger partial charge on any atom is 0.118 e. The van der Waals surface area contributed by atoms with Crippen LogP contribution >= 0.6 is 0 Å². The summed E-state index contributed by atoms with van der Waals surface area (Å²) in [4.78, 5) is 4.52. The Morgan fingerprint density at radius 3 is 2.50 bits per heavy atom. The van der Waals surface area contributed by atoms with E-state index in [1.54, 1.807) is 7.11 Å². The van der Waals surface area contributed by atoms with Crippen molar-refractivity contribution in [3.05, 3.63) is 29.8 Å². The van der Waals surface area contributed by atoms with Gasteiger partial charge in [-0.3, -0.25) is 4.99 Å². The van der Waals surface area contributed by atoms with Gasteiger partial charge in [-0.15, -0.1) is 0 Å². The summed E-state index contributed by atoms with van der Waals surface area (Å²) in [6.07, 6.45) is 2.40. The number of benzene rings is 1. The van der Waals surface area contributed by atoms with Crippen LogP contribution in [-0.4, -0.2) is 12.9 Å². The van der Waals surface area contributed by atoms with Gasteiger partial charge in [-0.25, -0.2) is 0 Å². The Labute approximate surface area is 96.3 Å². The molecule has 86 valence electrons. The number of aliphatic imine (C=N–C) groups is 1. The standard InChI is InChI=1S/C13H18N2O/c1-9(15-13(14)11-3-4-11)10-5-7-12(16-2)8-6-10/h5-9,11H,3-4H2,1-2H3,(H2,14,15). The lowest BCUT2D eigenvalue weighted by atomic mass is 10.1. The van der Waals surface area contributed by atoms with Gasteiger partial charge >= 0.3 is 0 Å². The van der Waals surface area contributed by atoms with Crippen LogP contribution in [0.4, 0.5) is 0 Å². The summed E-state index contributed by atoms with van der Waals surface area (Å²) in [7, 11) is 1.67. The Morgan fingerprint density at radius 1 is 1.38 bits per heavy atom. The van der Waals surface area contributed by atoms with Crippen LogP contribution in [0.3, 0.4) is 0 Å². The Bertz CT molecular complexity index is 379. The van der Waals surface area contributed by atoms with E-state index in [0.29, 0.717) is 5.92 Å². The molecule has 0 heterocycles. The summed E-state index contributed by atoms with van der Waals surface area (Å²) < 4.78 is 5.12. The highest BCUT2D eigenvalue weighted by Gasteiger charge is 2.25. The first-order valence-corrected chi connectivity index (χ1v) is 5.68. The molecule has 0 aromatic heterocycles. The molecule has 2 N–H and O–H groups in total. The highest BCUT2D eigenvalue weighted by molar-refractivity contribution is 5.85. The van der Waals surface area contributed by atoms with Gasteiger partial charge in [0.15, 0.2) is 0 Å². The van der Waals surface area contributed by atoms with Crippen LogP contribution in [0.2, 0.25) is 0 Å². The van der Waals surface area contributed by atoms with Gasteiger partial charge in [-0.1, -0.05) is 12.1 Å². The number of amidine groups is 1. The van der Waals surface area contributed by atoms with Crippen LogP contribution < -0.4 is 10.5 Å². The van der Waals surface area contributed by atoms with E-state index in [0.717, 1.165) is 11.6 Å². The molecule has 1 fully saturated rings. The molecule has 0 radical (unpaired) electrons. The van der Waals surface area contributed by atoms with E-state index in [4.69, 9.17) is 10.5 Å². The summed E-state index contributed by atoms with van der Waals surface area (Å²) in [6.45, 7) is 2.07. The second-order valence-electron chi connectivity index (χ2n) is 4.28. The monoisotopic (exact) mass is 218 g/mol. The van der Waals surface area contributed by atoms with Crippen molar-refractivity contribution in [3.63, 3.8) is 0 Å². The molecular formula is C13H18N2O. The Balaban J connectivity index is 2.07. The zero-order valence-corrected chi connectivity index (χ0v) is 9.81. The molecular weight excluding hydrogens is 200 g/mol. The van der Waals surface area contributed by atoms with Crippen LogP contribution in [0.1, 0.15) is 31.4 Å². The molecule has 3 nitrogen and oxygen atoms in total. The molecule has 0 amide bonds. The Hall–Kier alpha value is -1.51. The maximum atomic E-state index is 5.90. The third-order valence-electron chi connectivity index (χ3n) is 2.94. The van der Waals surface area contributed by atoms with E-state index < -0.39 is 0 Å². The lowest BCUT2D eigenvalue weighted by Crippen LogP contribution is -2.15. The molecule has 1 atom stereocenters. The average Bonchev–Trinajstić information content (AvgIpc) is 3.13. The number of hydrogen-bond acceptors (Lipinski definition) is 2. The highest BCUT2D eigenvalue weighted by atomic mass is 16.5. The van der Waals surface area contributed by atoms with Crippen molar-refractivity contribution in [1.29, 1.82) is 0 Å². The minimum Gasteiger partial charge on any atom is -0.497 e. The van der Waals surface area contributed by atoms with Crippen LogP contribution in [0.25, 0.3) is 0 Å². The topological polar surface area (TPSA) is 47.6 Å². The predicted molar refractivity (Wildman–Crippen MR) is 65.8 cm³/mol. The average molecular weight is 218 g/mol. The molecule has 2 rings (SSSR count). The quantitative estimate of drug-likeness (QED) is 0.623. The summed E-state index contributed by atoms with van der Waals surface area (Å²) >= 11 is 0. The Kier molecular flexibility index (Phi) is 3.13. The first-order valence-electron chi connectivity index (χ1n) is 5.68. The summed E-state index contributed by atoms with van der Waals surface area (Å²) in [5.41, 5.74) is 7.07. The maximum absolute atomic E-state index is 5.90. The van der Waals surface area contributed by atoms with Gasteiger partial charge in [0.25, 0.3) is 0 Å². The fraction of sp³-hybridized carbons (Fsp3) is 0.462. The van der Waals surface area contributed by atoms with Gasteiger partial charge in [0.1, 0.15) is 5.75 Å². The van der Waals surface area contributed by atoms with Gasteiger partial charge in [0.2, 0.25) is 0 Å². The van der Waals surface area contributed by atoms with Crippen molar-refractivity contribution in [2.45, 2.75) is 25.8 Å². The predicted octanol–water partition coefficient (Wildman–Crippen LogP) is 2.52. The first-order chi connectivity index (χ1) is 7.70. The third-order valence-corrected chi connectivity index (χ3v) is 2.94. The van der Waals surface area contributed by atoms with Crippen molar-refractivity contribution >= 4 is 5.84 Å². The normalized spacial score (nSPS) is 18.2. The smallest absolute Gasteiger partial charge is 0.118 e. The van der Waals surface area contributed by atoms with E-state index in [2.05, 4.69) is 11.9 Å². The van der Waals surface area contributed by atoms with Crippen molar-refractivity contribution in [1.82, 2.24) is 0 Å². The number of nitrogens with two attached hydrogens (primary N) is 1. The van der Waals surface area contributed by atoms with Crippen molar-refractivity contribution in [3.8, 4) is 5.75 Å². The molecule has 1 aliphatic rings. The first kappa shape index (κ1) is 11.0. The molecule has 16 heavy (non-hydrogen) atoms. The van der Waals surface area contributed by atoms with Gasteiger partial charge < -0.3 is 10.5 Å². The minimum absolute atomic E-state index is 0.131. The number of ether oxygens (including phenoxy) is 1. The van der Waals surface area contributed by atoms with Gasteiger partial charge in [-0.2, -0.15) is 0 Å². The molecule has 1 aliphatic carbocycles. The summed E-state index contributed by atoms with van der Waals surface area (Å²) in [5, 5.41) is 0. The van der Waals surface area contributed by atoms with Crippen LogP contribution in [0.5, 0.6) is 5.75 Å². The van der Waals surface area contributed by atoms with Gasteiger partial charge in [0, 0.05) is 5.92 Å². The highest BCUT2D eigenvalue weighted by Crippen LogP contribution is 2.30.